The molecule has 3 heterocycles. The van der Waals surface area contributed by atoms with Gasteiger partial charge in [0, 0.05) is 43.4 Å². The topological polar surface area (TPSA) is 49.4 Å². The zero-order valence-corrected chi connectivity index (χ0v) is 15.4. The SMILES string of the molecule is C[C@@H](CNC(=O)CCC(=O)c1cccs1)N1CCc2sccc2C1. The third-order valence-corrected chi connectivity index (χ3v) is 6.36. The van der Waals surface area contributed by atoms with Crippen molar-refractivity contribution >= 4 is 34.4 Å². The van der Waals surface area contributed by atoms with E-state index in [2.05, 4.69) is 28.6 Å². The molecule has 2 aromatic rings. The molecule has 0 unspecified atom stereocenters. The Balaban J connectivity index is 1.39. The highest BCUT2D eigenvalue weighted by Crippen LogP contribution is 2.24. The quantitative estimate of drug-likeness (QED) is 0.769. The van der Waals surface area contributed by atoms with Gasteiger partial charge in [-0.2, -0.15) is 0 Å². The van der Waals surface area contributed by atoms with Crippen molar-refractivity contribution in [3.05, 3.63) is 44.3 Å². The van der Waals surface area contributed by atoms with Crippen molar-refractivity contribution in [1.29, 1.82) is 0 Å². The number of nitrogens with zero attached hydrogens (tertiary/aromatic N) is 1. The van der Waals surface area contributed by atoms with E-state index >= 15 is 0 Å². The van der Waals surface area contributed by atoms with Crippen LogP contribution in [0.25, 0.3) is 0 Å². The number of amides is 1. The number of ketones is 1. The fourth-order valence-electron chi connectivity index (χ4n) is 2.91. The first-order chi connectivity index (χ1) is 11.6. The van der Waals surface area contributed by atoms with Crippen LogP contribution >= 0.6 is 22.7 Å². The second-order valence-electron chi connectivity index (χ2n) is 6.14. The molecule has 6 heteroatoms. The molecule has 24 heavy (non-hydrogen) atoms. The molecule has 1 aliphatic rings. The number of Topliss-reactive ketones (excluding diaryl/α,β-unsaturated/α-hetero) is 1. The molecular weight excluding hydrogens is 340 g/mol. The number of carbonyl (C=O) groups excluding carboxylic acids is 2. The summed E-state index contributed by atoms with van der Waals surface area (Å²) < 4.78 is 0. The molecule has 1 aliphatic heterocycles. The molecule has 0 saturated heterocycles. The Hall–Kier alpha value is -1.50. The lowest BCUT2D eigenvalue weighted by Crippen LogP contribution is -2.44. The summed E-state index contributed by atoms with van der Waals surface area (Å²) in [5, 5.41) is 7.01. The number of rotatable bonds is 7. The van der Waals surface area contributed by atoms with Gasteiger partial charge in [0.05, 0.1) is 4.88 Å². The fraction of sp³-hybridized carbons (Fsp3) is 0.444. The molecule has 1 N–H and O–H groups in total. The highest BCUT2D eigenvalue weighted by atomic mass is 32.1. The van der Waals surface area contributed by atoms with Crippen LogP contribution in [0.3, 0.4) is 0 Å². The smallest absolute Gasteiger partial charge is 0.220 e. The van der Waals surface area contributed by atoms with E-state index in [-0.39, 0.29) is 24.5 Å². The molecule has 0 saturated carbocycles. The molecular formula is C18H22N2O2S2. The minimum Gasteiger partial charge on any atom is -0.355 e. The molecule has 0 radical (unpaired) electrons. The Bertz CT molecular complexity index is 694. The van der Waals surface area contributed by atoms with Crippen LogP contribution < -0.4 is 5.32 Å². The summed E-state index contributed by atoms with van der Waals surface area (Å²) in [5.74, 6) is 0.00852. The standard InChI is InChI=1S/C18H22N2O2S2/c1-13(20-8-6-16-14(12-20)7-10-24-16)11-19-18(22)5-4-15(21)17-3-2-9-23-17/h2-3,7,9-10,13H,4-6,8,11-12H2,1H3,(H,19,22)/t13-/m0/s1. The molecule has 1 atom stereocenters. The summed E-state index contributed by atoms with van der Waals surface area (Å²) >= 11 is 3.27. The lowest BCUT2D eigenvalue weighted by atomic mass is 10.1. The first-order valence-corrected chi connectivity index (χ1v) is 10.0. The first-order valence-electron chi connectivity index (χ1n) is 8.26. The van der Waals surface area contributed by atoms with Crippen molar-refractivity contribution in [2.24, 2.45) is 0 Å². The molecule has 1 amide bonds. The lowest BCUT2D eigenvalue weighted by molar-refractivity contribution is -0.121. The van der Waals surface area contributed by atoms with Crippen molar-refractivity contribution in [2.45, 2.75) is 38.8 Å². The average molecular weight is 363 g/mol. The summed E-state index contributed by atoms with van der Waals surface area (Å²) in [5.41, 5.74) is 1.42. The number of nitrogens with one attached hydrogen (secondary N) is 1. The zero-order chi connectivity index (χ0) is 16.9. The highest BCUT2D eigenvalue weighted by Gasteiger charge is 2.21. The van der Waals surface area contributed by atoms with Gasteiger partial charge in [0.25, 0.3) is 0 Å². The van der Waals surface area contributed by atoms with E-state index in [1.54, 1.807) is 0 Å². The number of carbonyl (C=O) groups is 2. The van der Waals surface area contributed by atoms with E-state index in [9.17, 15) is 9.59 Å². The monoisotopic (exact) mass is 362 g/mol. The number of hydrogen-bond acceptors (Lipinski definition) is 5. The van der Waals surface area contributed by atoms with Crippen molar-refractivity contribution in [2.75, 3.05) is 13.1 Å². The highest BCUT2D eigenvalue weighted by molar-refractivity contribution is 7.12. The number of fused-ring (bicyclic) bond motifs is 1. The molecule has 128 valence electrons. The van der Waals surface area contributed by atoms with Crippen LogP contribution in [0.4, 0.5) is 0 Å². The average Bonchev–Trinajstić information content (AvgIpc) is 3.27. The van der Waals surface area contributed by atoms with Crippen LogP contribution in [-0.4, -0.2) is 35.7 Å². The van der Waals surface area contributed by atoms with Crippen LogP contribution in [-0.2, 0) is 17.8 Å². The molecule has 0 spiro atoms. The molecule has 4 nitrogen and oxygen atoms in total. The minimum absolute atomic E-state index is 0.0417. The Labute approximate surface area is 150 Å². The minimum atomic E-state index is -0.0417. The normalized spacial score (nSPS) is 15.7. The van der Waals surface area contributed by atoms with Gasteiger partial charge in [0.1, 0.15) is 0 Å². The predicted molar refractivity (Wildman–Crippen MR) is 98.8 cm³/mol. The third kappa shape index (κ3) is 4.32. The van der Waals surface area contributed by atoms with Gasteiger partial charge in [-0.15, -0.1) is 22.7 Å². The first kappa shape index (κ1) is 17.3. The van der Waals surface area contributed by atoms with Gasteiger partial charge < -0.3 is 5.32 Å². The van der Waals surface area contributed by atoms with Crippen LogP contribution in [0.15, 0.2) is 29.0 Å². The van der Waals surface area contributed by atoms with E-state index in [0.29, 0.717) is 12.6 Å². The van der Waals surface area contributed by atoms with Gasteiger partial charge in [-0.05, 0) is 41.8 Å². The number of hydrogen-bond donors (Lipinski definition) is 1. The summed E-state index contributed by atoms with van der Waals surface area (Å²) in [4.78, 5) is 28.5. The maximum Gasteiger partial charge on any atom is 0.220 e. The van der Waals surface area contributed by atoms with Crippen molar-refractivity contribution in [3.8, 4) is 0 Å². The van der Waals surface area contributed by atoms with Gasteiger partial charge in [0.15, 0.2) is 5.78 Å². The maximum atomic E-state index is 12.0. The Morgan fingerprint density at radius 1 is 1.25 bits per heavy atom. The molecule has 0 aliphatic carbocycles. The molecule has 3 rings (SSSR count). The Morgan fingerprint density at radius 2 is 2.12 bits per heavy atom. The Morgan fingerprint density at radius 3 is 2.92 bits per heavy atom. The summed E-state index contributed by atoms with van der Waals surface area (Å²) in [7, 11) is 0. The summed E-state index contributed by atoms with van der Waals surface area (Å²) in [6.07, 6.45) is 1.64. The van der Waals surface area contributed by atoms with Crippen molar-refractivity contribution < 1.29 is 9.59 Å². The summed E-state index contributed by atoms with van der Waals surface area (Å²) in [6.45, 7) is 4.79. The molecule has 0 fully saturated rings. The van der Waals surface area contributed by atoms with Crippen LogP contribution in [0, 0.1) is 0 Å². The lowest BCUT2D eigenvalue weighted by Gasteiger charge is -2.32. The molecule has 0 bridgehead atoms. The second-order valence-corrected chi connectivity index (χ2v) is 8.09. The van der Waals surface area contributed by atoms with E-state index < -0.39 is 0 Å². The molecule has 0 aromatic carbocycles. The molecule has 2 aromatic heterocycles. The van der Waals surface area contributed by atoms with E-state index in [4.69, 9.17) is 0 Å². The van der Waals surface area contributed by atoms with Crippen LogP contribution in [0.1, 0.15) is 39.9 Å². The number of thiophene rings is 2. The van der Waals surface area contributed by atoms with E-state index in [1.165, 1.54) is 21.8 Å². The second kappa shape index (κ2) is 8.05. The third-order valence-electron chi connectivity index (χ3n) is 4.43. The summed E-state index contributed by atoms with van der Waals surface area (Å²) in [6, 6.07) is 6.17. The van der Waals surface area contributed by atoms with Crippen molar-refractivity contribution in [3.63, 3.8) is 0 Å². The van der Waals surface area contributed by atoms with Crippen LogP contribution in [0.2, 0.25) is 0 Å². The zero-order valence-electron chi connectivity index (χ0n) is 13.8. The van der Waals surface area contributed by atoms with Gasteiger partial charge in [-0.1, -0.05) is 6.07 Å². The van der Waals surface area contributed by atoms with Gasteiger partial charge in [0.2, 0.25) is 5.91 Å². The Kier molecular flexibility index (Phi) is 5.81. The fourth-order valence-corrected chi connectivity index (χ4v) is 4.50. The van der Waals surface area contributed by atoms with Gasteiger partial charge in [-0.25, -0.2) is 0 Å². The van der Waals surface area contributed by atoms with Gasteiger partial charge in [-0.3, -0.25) is 14.5 Å². The van der Waals surface area contributed by atoms with Crippen molar-refractivity contribution in [1.82, 2.24) is 10.2 Å². The largest absolute Gasteiger partial charge is 0.355 e. The van der Waals surface area contributed by atoms with E-state index in [1.807, 2.05) is 28.8 Å². The maximum absolute atomic E-state index is 12.0. The van der Waals surface area contributed by atoms with Gasteiger partial charge >= 0.3 is 0 Å². The van der Waals surface area contributed by atoms with Crippen LogP contribution in [0.5, 0.6) is 0 Å². The van der Waals surface area contributed by atoms with E-state index in [0.717, 1.165) is 24.4 Å². The predicted octanol–water partition coefficient (Wildman–Crippen LogP) is 3.34.